The van der Waals surface area contributed by atoms with Gasteiger partial charge in [-0.2, -0.15) is 5.10 Å². The van der Waals surface area contributed by atoms with Crippen molar-refractivity contribution in [2.45, 2.75) is 13.8 Å². The van der Waals surface area contributed by atoms with Crippen LogP contribution in [-0.4, -0.2) is 45.6 Å². The van der Waals surface area contributed by atoms with Gasteiger partial charge >= 0.3 is 0 Å². The van der Waals surface area contributed by atoms with E-state index < -0.39 is 22.5 Å². The predicted octanol–water partition coefficient (Wildman–Crippen LogP) is 1.93. The third-order valence-corrected chi connectivity index (χ3v) is 5.08. The first-order valence-electron chi connectivity index (χ1n) is 8.36. The van der Waals surface area contributed by atoms with Gasteiger partial charge in [0, 0.05) is 5.56 Å². The molecule has 0 aliphatic heterocycles. The second-order valence-electron chi connectivity index (χ2n) is 6.25. The van der Waals surface area contributed by atoms with Crippen LogP contribution in [-0.2, 0) is 14.8 Å². The van der Waals surface area contributed by atoms with Crippen molar-refractivity contribution >= 4 is 27.8 Å². The summed E-state index contributed by atoms with van der Waals surface area (Å²) in [6.07, 6.45) is 2.29. The number of hydrogen-bond acceptors (Lipinski definition) is 6. The zero-order valence-corrected chi connectivity index (χ0v) is 16.9. The summed E-state index contributed by atoms with van der Waals surface area (Å²) >= 11 is 0. The molecule has 0 saturated heterocycles. The summed E-state index contributed by atoms with van der Waals surface area (Å²) in [5.41, 5.74) is 4.77. The van der Waals surface area contributed by atoms with Crippen LogP contribution in [0.5, 0.6) is 11.5 Å². The smallest absolute Gasteiger partial charge is 0.260 e. The van der Waals surface area contributed by atoms with E-state index in [9.17, 15) is 18.3 Å². The number of methoxy groups -OCH3 is 1. The lowest BCUT2D eigenvalue weighted by Gasteiger charge is -2.23. The van der Waals surface area contributed by atoms with Crippen molar-refractivity contribution in [3.05, 3.63) is 53.1 Å². The van der Waals surface area contributed by atoms with Crippen LogP contribution in [0.2, 0.25) is 0 Å². The van der Waals surface area contributed by atoms with Crippen LogP contribution in [0.25, 0.3) is 0 Å². The number of amides is 1. The molecule has 0 spiro atoms. The fourth-order valence-corrected chi connectivity index (χ4v) is 3.53. The van der Waals surface area contributed by atoms with Gasteiger partial charge in [0.1, 0.15) is 6.54 Å². The molecular formula is C19H23N3O5S. The summed E-state index contributed by atoms with van der Waals surface area (Å²) in [5, 5.41) is 13.8. The molecule has 1 amide bonds. The number of anilines is 1. The van der Waals surface area contributed by atoms with E-state index in [1.807, 2.05) is 13.0 Å². The van der Waals surface area contributed by atoms with Crippen LogP contribution < -0.4 is 14.5 Å². The van der Waals surface area contributed by atoms with Crippen LogP contribution >= 0.6 is 0 Å². The highest BCUT2D eigenvalue weighted by molar-refractivity contribution is 7.92. The van der Waals surface area contributed by atoms with Gasteiger partial charge in [0.2, 0.25) is 10.0 Å². The maximum absolute atomic E-state index is 12.2. The largest absolute Gasteiger partial charge is 0.504 e. The Bertz CT molecular complexity index is 1000. The first-order chi connectivity index (χ1) is 13.1. The zero-order chi connectivity index (χ0) is 20.9. The minimum Gasteiger partial charge on any atom is -0.504 e. The van der Waals surface area contributed by atoms with Gasteiger partial charge in [-0.1, -0.05) is 23.8 Å². The number of carbonyl (C=O) groups excluding carboxylic acids is 1. The molecule has 0 fully saturated rings. The molecule has 2 rings (SSSR count). The second kappa shape index (κ2) is 8.75. The monoisotopic (exact) mass is 405 g/mol. The highest BCUT2D eigenvalue weighted by Crippen LogP contribution is 2.28. The van der Waals surface area contributed by atoms with Crippen molar-refractivity contribution in [3.63, 3.8) is 0 Å². The van der Waals surface area contributed by atoms with E-state index in [1.165, 1.54) is 13.3 Å². The van der Waals surface area contributed by atoms with Crippen molar-refractivity contribution < 1.29 is 23.1 Å². The molecule has 0 heterocycles. The predicted molar refractivity (Wildman–Crippen MR) is 109 cm³/mol. The van der Waals surface area contributed by atoms with Gasteiger partial charge in [-0.05, 0) is 37.6 Å². The number of hydrogen-bond donors (Lipinski definition) is 2. The number of rotatable bonds is 7. The molecule has 2 aromatic carbocycles. The minimum absolute atomic E-state index is 0.115. The maximum atomic E-state index is 12.2. The Morgan fingerprint density at radius 3 is 2.61 bits per heavy atom. The number of phenolic OH excluding ortho intramolecular Hbond substituents is 1. The van der Waals surface area contributed by atoms with Crippen molar-refractivity contribution in [2.24, 2.45) is 5.10 Å². The lowest BCUT2D eigenvalue weighted by atomic mass is 10.1. The van der Waals surface area contributed by atoms with Crippen LogP contribution in [0.1, 0.15) is 16.7 Å². The van der Waals surface area contributed by atoms with E-state index in [-0.39, 0.29) is 11.5 Å². The molecule has 0 unspecified atom stereocenters. The number of ether oxygens (including phenoxy) is 1. The summed E-state index contributed by atoms with van der Waals surface area (Å²) < 4.78 is 30.4. The molecule has 0 bridgehead atoms. The summed E-state index contributed by atoms with van der Waals surface area (Å²) in [6, 6.07) is 10.1. The highest BCUT2D eigenvalue weighted by Gasteiger charge is 2.22. The van der Waals surface area contributed by atoms with Crippen LogP contribution in [0, 0.1) is 13.8 Å². The lowest BCUT2D eigenvalue weighted by molar-refractivity contribution is -0.119. The molecule has 0 atom stereocenters. The number of aryl methyl sites for hydroxylation is 2. The second-order valence-corrected chi connectivity index (χ2v) is 8.16. The number of benzene rings is 2. The molecule has 2 N–H and O–H groups in total. The number of carbonyl (C=O) groups is 1. The Balaban J connectivity index is 2.15. The normalized spacial score (nSPS) is 11.4. The van der Waals surface area contributed by atoms with Gasteiger partial charge < -0.3 is 9.84 Å². The van der Waals surface area contributed by atoms with Gasteiger partial charge in [-0.3, -0.25) is 9.10 Å². The molecule has 0 aliphatic rings. The first-order valence-corrected chi connectivity index (χ1v) is 10.2. The third kappa shape index (κ3) is 5.23. The summed E-state index contributed by atoms with van der Waals surface area (Å²) in [7, 11) is -2.26. The van der Waals surface area contributed by atoms with Gasteiger partial charge in [-0.15, -0.1) is 0 Å². The first kappa shape index (κ1) is 21.2. The minimum atomic E-state index is -3.68. The SMILES string of the molecule is COc1cccc(/C=N\NC(=O)CN(c2ccc(C)cc2C)S(C)(=O)=O)c1O. The van der Waals surface area contributed by atoms with E-state index in [2.05, 4.69) is 10.5 Å². The summed E-state index contributed by atoms with van der Waals surface area (Å²) in [5.74, 6) is -0.464. The van der Waals surface area contributed by atoms with Crippen LogP contribution in [0.3, 0.4) is 0 Å². The number of aromatic hydroxyl groups is 1. The fourth-order valence-electron chi connectivity index (χ4n) is 2.61. The molecule has 0 aliphatic carbocycles. The Kier molecular flexibility index (Phi) is 6.63. The number of nitrogens with one attached hydrogen (secondary N) is 1. The average molecular weight is 405 g/mol. The lowest BCUT2D eigenvalue weighted by Crippen LogP contribution is -2.39. The van der Waals surface area contributed by atoms with Crippen molar-refractivity contribution in [1.29, 1.82) is 0 Å². The van der Waals surface area contributed by atoms with Crippen LogP contribution in [0.4, 0.5) is 5.69 Å². The molecule has 150 valence electrons. The van der Waals surface area contributed by atoms with E-state index in [0.717, 1.165) is 21.7 Å². The van der Waals surface area contributed by atoms with E-state index >= 15 is 0 Å². The zero-order valence-electron chi connectivity index (χ0n) is 16.1. The molecule has 0 aromatic heterocycles. The number of para-hydroxylation sites is 1. The standard InChI is InChI=1S/C19H23N3O5S/c1-13-8-9-16(14(2)10-13)22(28(4,25)26)12-18(23)21-20-11-15-6-5-7-17(27-3)19(15)24/h5-11,24H,12H2,1-4H3,(H,21,23)/b20-11-. The number of nitrogens with zero attached hydrogens (tertiary/aromatic N) is 2. The van der Waals surface area contributed by atoms with E-state index in [1.54, 1.807) is 37.3 Å². The van der Waals surface area contributed by atoms with Gasteiger partial charge in [0.15, 0.2) is 11.5 Å². The number of sulfonamides is 1. The molecule has 2 aromatic rings. The number of phenols is 1. The molecular weight excluding hydrogens is 382 g/mol. The summed E-state index contributed by atoms with van der Waals surface area (Å²) in [4.78, 5) is 12.2. The van der Waals surface area contributed by atoms with Crippen molar-refractivity contribution in [3.8, 4) is 11.5 Å². The Morgan fingerprint density at radius 2 is 2.00 bits per heavy atom. The van der Waals surface area contributed by atoms with E-state index in [4.69, 9.17) is 4.74 Å². The van der Waals surface area contributed by atoms with Crippen molar-refractivity contribution in [2.75, 3.05) is 24.2 Å². The average Bonchev–Trinajstić information content (AvgIpc) is 2.61. The quantitative estimate of drug-likeness (QED) is 0.541. The van der Waals surface area contributed by atoms with Crippen molar-refractivity contribution in [1.82, 2.24) is 5.43 Å². The van der Waals surface area contributed by atoms with Gasteiger partial charge in [-0.25, -0.2) is 13.8 Å². The van der Waals surface area contributed by atoms with E-state index in [0.29, 0.717) is 11.3 Å². The summed E-state index contributed by atoms with van der Waals surface area (Å²) in [6.45, 7) is 3.25. The topological polar surface area (TPSA) is 108 Å². The van der Waals surface area contributed by atoms with Gasteiger partial charge in [0.05, 0.1) is 25.3 Å². The molecule has 0 saturated carbocycles. The maximum Gasteiger partial charge on any atom is 0.260 e. The highest BCUT2D eigenvalue weighted by atomic mass is 32.2. The number of hydrazone groups is 1. The fraction of sp³-hybridized carbons (Fsp3) is 0.263. The Labute approximate surface area is 164 Å². The molecule has 8 nitrogen and oxygen atoms in total. The third-order valence-electron chi connectivity index (χ3n) is 3.95. The molecule has 0 radical (unpaired) electrons. The van der Waals surface area contributed by atoms with Crippen LogP contribution in [0.15, 0.2) is 41.5 Å². The molecule has 28 heavy (non-hydrogen) atoms. The molecule has 9 heteroatoms. The Hall–Kier alpha value is -3.07. The van der Waals surface area contributed by atoms with Gasteiger partial charge in [0.25, 0.3) is 5.91 Å². The Morgan fingerprint density at radius 1 is 1.29 bits per heavy atom.